The fourth-order valence-corrected chi connectivity index (χ4v) is 2.12. The second-order valence-electron chi connectivity index (χ2n) is 4.64. The van der Waals surface area contributed by atoms with E-state index in [1.807, 2.05) is 12.1 Å². The average Bonchev–Trinajstić information content (AvgIpc) is 2.90. The number of carbonyl (C=O) groups is 1. The van der Waals surface area contributed by atoms with Crippen LogP contribution in [0.5, 0.6) is 5.75 Å². The van der Waals surface area contributed by atoms with Gasteiger partial charge in [0.25, 0.3) is 0 Å². The van der Waals surface area contributed by atoms with Gasteiger partial charge in [-0.05, 0) is 25.0 Å². The van der Waals surface area contributed by atoms with Crippen LogP contribution in [0.4, 0.5) is 5.69 Å². The number of amides is 1. The summed E-state index contributed by atoms with van der Waals surface area (Å²) >= 11 is 4.77. The number of carbonyl (C=O) groups excluding carboxylic acids is 1. The van der Waals surface area contributed by atoms with Crippen LogP contribution in [0.3, 0.4) is 0 Å². The molecule has 20 heavy (non-hydrogen) atoms. The zero-order chi connectivity index (χ0) is 14.4. The van der Waals surface area contributed by atoms with Gasteiger partial charge in [0.15, 0.2) is 0 Å². The fraction of sp³-hybridized carbons (Fsp3) is 0.429. The van der Waals surface area contributed by atoms with E-state index in [0.717, 1.165) is 19.4 Å². The highest BCUT2D eigenvalue weighted by molar-refractivity contribution is 7.80. The SMILES string of the molecule is NC(=S)COc1ccccc1NC(=O)CC1CCCO1. The first-order chi connectivity index (χ1) is 9.65. The lowest BCUT2D eigenvalue weighted by molar-refractivity contribution is -0.118. The Bertz CT molecular complexity index is 487. The number of nitrogens with two attached hydrogens (primary N) is 1. The molecule has 1 aromatic carbocycles. The smallest absolute Gasteiger partial charge is 0.227 e. The summed E-state index contributed by atoms with van der Waals surface area (Å²) in [5.74, 6) is 0.476. The second-order valence-corrected chi connectivity index (χ2v) is 5.16. The quantitative estimate of drug-likeness (QED) is 0.783. The minimum Gasteiger partial charge on any atom is -0.484 e. The fourth-order valence-electron chi connectivity index (χ4n) is 2.06. The standard InChI is InChI=1S/C14H18N2O3S/c15-13(20)9-19-12-6-2-1-5-11(12)16-14(17)8-10-4-3-7-18-10/h1-2,5-6,10H,3-4,7-9H2,(H2,15,20)(H,16,17). The van der Waals surface area contributed by atoms with Crippen molar-refractivity contribution in [2.45, 2.75) is 25.4 Å². The number of benzene rings is 1. The summed E-state index contributed by atoms with van der Waals surface area (Å²) in [5.41, 5.74) is 6.02. The molecule has 0 spiro atoms. The molecular weight excluding hydrogens is 276 g/mol. The molecule has 1 unspecified atom stereocenters. The number of nitrogens with one attached hydrogen (secondary N) is 1. The monoisotopic (exact) mass is 294 g/mol. The maximum absolute atomic E-state index is 12.0. The van der Waals surface area contributed by atoms with Crippen molar-refractivity contribution in [3.8, 4) is 5.75 Å². The van der Waals surface area contributed by atoms with Crippen molar-refractivity contribution in [2.75, 3.05) is 18.5 Å². The molecule has 1 aliphatic heterocycles. The summed E-state index contributed by atoms with van der Waals surface area (Å²) in [5, 5.41) is 2.83. The van der Waals surface area contributed by atoms with Gasteiger partial charge in [-0.1, -0.05) is 24.4 Å². The summed E-state index contributed by atoms with van der Waals surface area (Å²) in [6.07, 6.45) is 2.35. The zero-order valence-electron chi connectivity index (χ0n) is 11.1. The number of thiocarbonyl (C=S) groups is 1. The Morgan fingerprint density at radius 1 is 1.50 bits per heavy atom. The highest BCUT2D eigenvalue weighted by atomic mass is 32.1. The Morgan fingerprint density at radius 3 is 3.00 bits per heavy atom. The molecule has 1 aromatic rings. The Kier molecular flexibility index (Phi) is 5.31. The summed E-state index contributed by atoms with van der Waals surface area (Å²) in [7, 11) is 0. The molecule has 0 aromatic heterocycles. The summed E-state index contributed by atoms with van der Waals surface area (Å²) in [6, 6.07) is 7.20. The van der Waals surface area contributed by atoms with E-state index in [-0.39, 0.29) is 23.6 Å². The third kappa shape index (κ3) is 4.47. The van der Waals surface area contributed by atoms with Crippen LogP contribution in [-0.4, -0.2) is 30.2 Å². The first-order valence-corrected chi connectivity index (χ1v) is 6.97. The van der Waals surface area contributed by atoms with Gasteiger partial charge in [-0.3, -0.25) is 4.79 Å². The van der Waals surface area contributed by atoms with Crippen LogP contribution >= 0.6 is 12.2 Å². The Hall–Kier alpha value is -1.66. The van der Waals surface area contributed by atoms with Crippen molar-refractivity contribution < 1.29 is 14.3 Å². The number of rotatable bonds is 6. The van der Waals surface area contributed by atoms with E-state index >= 15 is 0 Å². The lowest BCUT2D eigenvalue weighted by atomic mass is 10.1. The van der Waals surface area contributed by atoms with E-state index in [9.17, 15) is 4.79 Å². The Morgan fingerprint density at radius 2 is 2.30 bits per heavy atom. The first-order valence-electron chi connectivity index (χ1n) is 6.57. The molecule has 1 amide bonds. The van der Waals surface area contributed by atoms with E-state index in [1.165, 1.54) is 0 Å². The van der Waals surface area contributed by atoms with Gasteiger partial charge in [0.2, 0.25) is 5.91 Å². The largest absolute Gasteiger partial charge is 0.484 e. The van der Waals surface area contributed by atoms with E-state index in [0.29, 0.717) is 17.9 Å². The van der Waals surface area contributed by atoms with Crippen LogP contribution in [0.2, 0.25) is 0 Å². The van der Waals surface area contributed by atoms with Gasteiger partial charge in [-0.25, -0.2) is 0 Å². The molecule has 1 atom stereocenters. The van der Waals surface area contributed by atoms with Crippen LogP contribution in [0.1, 0.15) is 19.3 Å². The molecule has 5 nitrogen and oxygen atoms in total. The van der Waals surface area contributed by atoms with Crippen LogP contribution in [0, 0.1) is 0 Å². The molecule has 3 N–H and O–H groups in total. The summed E-state index contributed by atoms with van der Waals surface area (Å²) < 4.78 is 10.9. The number of hydrogen-bond acceptors (Lipinski definition) is 4. The maximum Gasteiger partial charge on any atom is 0.227 e. The van der Waals surface area contributed by atoms with Gasteiger partial charge in [-0.15, -0.1) is 0 Å². The number of anilines is 1. The van der Waals surface area contributed by atoms with Crippen molar-refractivity contribution in [2.24, 2.45) is 5.73 Å². The third-order valence-electron chi connectivity index (χ3n) is 2.97. The number of hydrogen-bond donors (Lipinski definition) is 2. The summed E-state index contributed by atoms with van der Waals surface area (Å²) in [4.78, 5) is 12.2. The molecule has 0 aliphatic carbocycles. The van der Waals surface area contributed by atoms with E-state index < -0.39 is 0 Å². The van der Waals surface area contributed by atoms with Crippen molar-refractivity contribution in [1.82, 2.24) is 0 Å². The van der Waals surface area contributed by atoms with Crippen molar-refractivity contribution >= 4 is 28.8 Å². The van der Waals surface area contributed by atoms with E-state index in [2.05, 4.69) is 5.32 Å². The van der Waals surface area contributed by atoms with Crippen molar-refractivity contribution in [1.29, 1.82) is 0 Å². The highest BCUT2D eigenvalue weighted by Gasteiger charge is 2.19. The molecule has 1 fully saturated rings. The third-order valence-corrected chi connectivity index (χ3v) is 3.09. The molecular formula is C14H18N2O3S. The van der Waals surface area contributed by atoms with Crippen molar-refractivity contribution in [3.63, 3.8) is 0 Å². The second kappa shape index (κ2) is 7.21. The van der Waals surface area contributed by atoms with Gasteiger partial charge in [0, 0.05) is 6.61 Å². The Labute approximate surface area is 123 Å². The normalized spacial score (nSPS) is 17.7. The zero-order valence-corrected chi connectivity index (χ0v) is 11.9. The minimum absolute atomic E-state index is 0.0275. The van der Waals surface area contributed by atoms with Crippen LogP contribution < -0.4 is 15.8 Å². The molecule has 0 saturated carbocycles. The first kappa shape index (κ1) is 14.7. The van der Waals surface area contributed by atoms with Crippen LogP contribution in [-0.2, 0) is 9.53 Å². The number of ether oxygens (including phenoxy) is 2. The average molecular weight is 294 g/mol. The van der Waals surface area contributed by atoms with Gasteiger partial charge in [-0.2, -0.15) is 0 Å². The van der Waals surface area contributed by atoms with Gasteiger partial charge >= 0.3 is 0 Å². The minimum atomic E-state index is -0.0803. The van der Waals surface area contributed by atoms with E-state index in [4.69, 9.17) is 27.4 Å². The molecule has 1 aliphatic rings. The molecule has 6 heteroatoms. The van der Waals surface area contributed by atoms with Crippen LogP contribution in [0.25, 0.3) is 0 Å². The molecule has 1 heterocycles. The molecule has 0 bridgehead atoms. The predicted octanol–water partition coefficient (Wildman–Crippen LogP) is 1.86. The van der Waals surface area contributed by atoms with Crippen molar-refractivity contribution in [3.05, 3.63) is 24.3 Å². The maximum atomic E-state index is 12.0. The molecule has 0 radical (unpaired) electrons. The Balaban J connectivity index is 1.93. The molecule has 108 valence electrons. The summed E-state index contributed by atoms with van der Waals surface area (Å²) in [6.45, 7) is 0.888. The van der Waals surface area contributed by atoms with E-state index in [1.54, 1.807) is 12.1 Å². The molecule has 1 saturated heterocycles. The van der Waals surface area contributed by atoms with Gasteiger partial charge < -0.3 is 20.5 Å². The van der Waals surface area contributed by atoms with Crippen LogP contribution in [0.15, 0.2) is 24.3 Å². The van der Waals surface area contributed by atoms with Gasteiger partial charge in [0.05, 0.1) is 18.2 Å². The lowest BCUT2D eigenvalue weighted by Crippen LogP contribution is -2.21. The van der Waals surface area contributed by atoms with Gasteiger partial charge in [0.1, 0.15) is 17.3 Å². The predicted molar refractivity (Wildman–Crippen MR) is 80.9 cm³/mol. The highest BCUT2D eigenvalue weighted by Crippen LogP contribution is 2.24. The lowest BCUT2D eigenvalue weighted by Gasteiger charge is -2.13. The number of para-hydroxylation sites is 2. The topological polar surface area (TPSA) is 73.6 Å². The molecule has 2 rings (SSSR count).